The van der Waals surface area contributed by atoms with E-state index in [0.717, 1.165) is 29.0 Å². The fourth-order valence-electron chi connectivity index (χ4n) is 2.95. The molecule has 2 aromatic carbocycles. The van der Waals surface area contributed by atoms with Gasteiger partial charge in [0.25, 0.3) is 5.56 Å². The highest BCUT2D eigenvalue weighted by Crippen LogP contribution is 2.40. The van der Waals surface area contributed by atoms with Gasteiger partial charge in [-0.05, 0) is 29.8 Å². The monoisotopic (exact) mass is 474 g/mol. The van der Waals surface area contributed by atoms with Gasteiger partial charge >= 0.3 is 12.1 Å². The van der Waals surface area contributed by atoms with Gasteiger partial charge in [-0.1, -0.05) is 41.4 Å². The number of carboxylic acids is 1. The smallest absolute Gasteiger partial charge is 0.399 e. The van der Waals surface area contributed by atoms with E-state index in [0.29, 0.717) is 5.39 Å². The number of halogens is 6. The van der Waals surface area contributed by atoms with Crippen LogP contribution in [0.15, 0.2) is 47.4 Å². The minimum atomic E-state index is -4.83. The molecule has 0 radical (unpaired) electrons. The van der Waals surface area contributed by atoms with Gasteiger partial charge in [0.05, 0.1) is 16.6 Å². The second kappa shape index (κ2) is 8.68. The Morgan fingerprint density at radius 3 is 2.58 bits per heavy atom. The number of hydrogen-bond acceptors (Lipinski definition) is 3. The van der Waals surface area contributed by atoms with Gasteiger partial charge in [0.15, 0.2) is 0 Å². The maximum absolute atomic E-state index is 14.3. The van der Waals surface area contributed by atoms with E-state index in [4.69, 9.17) is 28.3 Å². The van der Waals surface area contributed by atoms with Gasteiger partial charge < -0.3 is 5.11 Å². The summed E-state index contributed by atoms with van der Waals surface area (Å²) in [5, 5.41) is 12.3. The Bertz CT molecular complexity index is 1260. The molecule has 0 saturated carbocycles. The molecule has 11 heteroatoms. The highest BCUT2D eigenvalue weighted by atomic mass is 35.5. The fraction of sp³-hybridized carbons (Fsp3) is 0.150. The molecule has 1 atom stereocenters. The van der Waals surface area contributed by atoms with Crippen molar-refractivity contribution in [1.82, 2.24) is 9.78 Å². The molecular weight excluding hydrogens is 463 g/mol. The first-order valence-electron chi connectivity index (χ1n) is 8.58. The second-order valence-electron chi connectivity index (χ2n) is 6.52. The van der Waals surface area contributed by atoms with Crippen LogP contribution in [-0.2, 0) is 11.3 Å². The molecule has 0 aliphatic rings. The average molecular weight is 475 g/mol. The first kappa shape index (κ1) is 22.8. The Hall–Kier alpha value is -2.91. The lowest BCUT2D eigenvalue weighted by Gasteiger charge is -2.19. The van der Waals surface area contributed by atoms with E-state index < -0.39 is 46.6 Å². The van der Waals surface area contributed by atoms with Gasteiger partial charge in [-0.2, -0.15) is 18.3 Å². The molecule has 1 unspecified atom stereocenters. The van der Waals surface area contributed by atoms with Gasteiger partial charge in [-0.15, -0.1) is 0 Å². The van der Waals surface area contributed by atoms with Crippen LogP contribution >= 0.6 is 23.2 Å². The SMILES string of the molecule is O=C(O)Cn1ncc2cc(/C=C/C(c3cc(Cl)cc(Cl)c3F)C(F)(F)F)ccc2c1=O. The standard InChI is InChI=1S/C20H12Cl2F4N2O3/c21-12-6-14(18(23)16(22)7-12)15(20(24,25)26)4-2-10-1-3-13-11(5-10)8-27-28(19(13)31)9-17(29)30/h1-8,15H,9H2,(H,29,30)/b4-2+. The molecule has 0 spiro atoms. The molecule has 5 nitrogen and oxygen atoms in total. The normalized spacial score (nSPS) is 13.1. The maximum atomic E-state index is 14.3. The van der Waals surface area contributed by atoms with Crippen molar-refractivity contribution in [3.63, 3.8) is 0 Å². The van der Waals surface area contributed by atoms with Crippen molar-refractivity contribution >= 4 is 46.0 Å². The lowest BCUT2D eigenvalue weighted by Crippen LogP contribution is -2.26. The zero-order valence-electron chi connectivity index (χ0n) is 15.3. The number of carboxylic acid groups (broad SMARTS) is 1. The molecule has 0 saturated heterocycles. The van der Waals surface area contributed by atoms with Crippen molar-refractivity contribution in [3.05, 3.63) is 79.9 Å². The van der Waals surface area contributed by atoms with E-state index >= 15 is 0 Å². The number of rotatable bonds is 5. The summed E-state index contributed by atoms with van der Waals surface area (Å²) in [5.74, 6) is -4.79. The molecule has 0 aliphatic heterocycles. The van der Waals surface area contributed by atoms with Crippen molar-refractivity contribution in [2.45, 2.75) is 18.6 Å². The van der Waals surface area contributed by atoms with Crippen LogP contribution in [0.4, 0.5) is 17.6 Å². The van der Waals surface area contributed by atoms with E-state index in [2.05, 4.69) is 5.10 Å². The fourth-order valence-corrected chi connectivity index (χ4v) is 3.46. The Balaban J connectivity index is 2.01. The summed E-state index contributed by atoms with van der Waals surface area (Å²) in [6.45, 7) is -0.628. The summed E-state index contributed by atoms with van der Waals surface area (Å²) < 4.78 is 55.8. The Morgan fingerprint density at radius 2 is 1.94 bits per heavy atom. The summed E-state index contributed by atoms with van der Waals surface area (Å²) >= 11 is 11.4. The molecule has 1 aromatic heterocycles. The van der Waals surface area contributed by atoms with Crippen LogP contribution in [0.1, 0.15) is 17.0 Å². The summed E-state index contributed by atoms with van der Waals surface area (Å²) in [5.41, 5.74) is -1.09. The lowest BCUT2D eigenvalue weighted by atomic mass is 9.96. The Labute approximate surface area is 182 Å². The molecule has 1 heterocycles. The van der Waals surface area contributed by atoms with Crippen molar-refractivity contribution in [3.8, 4) is 0 Å². The molecule has 31 heavy (non-hydrogen) atoms. The summed E-state index contributed by atoms with van der Waals surface area (Å²) in [7, 11) is 0. The highest BCUT2D eigenvalue weighted by Gasteiger charge is 2.41. The van der Waals surface area contributed by atoms with Crippen molar-refractivity contribution < 1.29 is 27.5 Å². The van der Waals surface area contributed by atoms with E-state index in [1.54, 1.807) is 0 Å². The molecule has 0 aliphatic carbocycles. The predicted molar refractivity (Wildman–Crippen MR) is 108 cm³/mol. The highest BCUT2D eigenvalue weighted by molar-refractivity contribution is 6.34. The number of hydrogen-bond donors (Lipinski definition) is 1. The van der Waals surface area contributed by atoms with E-state index in [9.17, 15) is 27.2 Å². The molecule has 0 bridgehead atoms. The number of aromatic nitrogens is 2. The van der Waals surface area contributed by atoms with Gasteiger partial charge in [0.2, 0.25) is 0 Å². The molecular formula is C20H12Cl2F4N2O3. The molecule has 0 fully saturated rings. The first-order chi connectivity index (χ1) is 14.5. The predicted octanol–water partition coefficient (Wildman–Crippen LogP) is 5.29. The third-order valence-electron chi connectivity index (χ3n) is 4.35. The van der Waals surface area contributed by atoms with Gasteiger partial charge in [0.1, 0.15) is 18.3 Å². The minimum Gasteiger partial charge on any atom is -0.480 e. The van der Waals surface area contributed by atoms with Crippen LogP contribution in [0.2, 0.25) is 10.0 Å². The number of aliphatic carboxylic acids is 1. The van der Waals surface area contributed by atoms with Gasteiger partial charge in [-0.25, -0.2) is 9.07 Å². The first-order valence-corrected chi connectivity index (χ1v) is 9.34. The number of allylic oxidation sites excluding steroid dienone is 1. The van der Waals surface area contributed by atoms with Gasteiger partial charge in [0, 0.05) is 16.0 Å². The minimum absolute atomic E-state index is 0.140. The topological polar surface area (TPSA) is 72.2 Å². The lowest BCUT2D eigenvalue weighted by molar-refractivity contribution is -0.140. The quantitative estimate of drug-likeness (QED) is 0.403. The van der Waals surface area contributed by atoms with E-state index in [1.807, 2.05) is 0 Å². The van der Waals surface area contributed by atoms with Crippen molar-refractivity contribution in [2.24, 2.45) is 0 Å². The molecule has 3 rings (SSSR count). The van der Waals surface area contributed by atoms with E-state index in [-0.39, 0.29) is 16.0 Å². The maximum Gasteiger partial charge on any atom is 0.399 e. The molecule has 0 amide bonds. The van der Waals surface area contributed by atoms with Gasteiger partial charge in [-0.3, -0.25) is 9.59 Å². The molecule has 3 aromatic rings. The zero-order chi connectivity index (χ0) is 22.9. The van der Waals surface area contributed by atoms with Crippen molar-refractivity contribution in [1.29, 1.82) is 0 Å². The van der Waals surface area contributed by atoms with Crippen LogP contribution in [0.25, 0.3) is 16.8 Å². The van der Waals surface area contributed by atoms with Crippen LogP contribution in [0, 0.1) is 5.82 Å². The summed E-state index contributed by atoms with van der Waals surface area (Å²) in [6.07, 6.45) is -1.72. The molecule has 1 N–H and O–H groups in total. The number of alkyl halides is 3. The van der Waals surface area contributed by atoms with Crippen LogP contribution < -0.4 is 5.56 Å². The Morgan fingerprint density at radius 1 is 1.23 bits per heavy atom. The second-order valence-corrected chi connectivity index (χ2v) is 7.36. The van der Waals surface area contributed by atoms with Crippen LogP contribution in [0.5, 0.6) is 0 Å². The zero-order valence-corrected chi connectivity index (χ0v) is 16.8. The van der Waals surface area contributed by atoms with Crippen LogP contribution in [0.3, 0.4) is 0 Å². The average Bonchev–Trinajstić information content (AvgIpc) is 2.66. The summed E-state index contributed by atoms with van der Waals surface area (Å²) in [4.78, 5) is 23.0. The molecule has 162 valence electrons. The van der Waals surface area contributed by atoms with Crippen LogP contribution in [-0.4, -0.2) is 27.0 Å². The summed E-state index contributed by atoms with van der Waals surface area (Å²) in [6, 6.07) is 5.99. The third-order valence-corrected chi connectivity index (χ3v) is 4.84. The number of fused-ring (bicyclic) bond motifs is 1. The number of benzene rings is 2. The third kappa shape index (κ3) is 5.05. The Kier molecular flexibility index (Phi) is 6.38. The van der Waals surface area contributed by atoms with E-state index in [1.165, 1.54) is 24.4 Å². The largest absolute Gasteiger partial charge is 0.480 e. The van der Waals surface area contributed by atoms with Crippen molar-refractivity contribution in [2.75, 3.05) is 0 Å². The number of carbonyl (C=O) groups is 1. The number of nitrogens with zero attached hydrogens (tertiary/aromatic N) is 2.